The van der Waals surface area contributed by atoms with E-state index in [0.29, 0.717) is 63.7 Å². The normalized spacial score (nSPS) is 22.4. The minimum atomic E-state index is -0.0584. The van der Waals surface area contributed by atoms with Gasteiger partial charge in [0.05, 0.1) is 26.4 Å². The Hall–Kier alpha value is -2.80. The Kier molecular flexibility index (Phi) is 9.84. The highest BCUT2D eigenvalue weighted by atomic mass is 79.9. The average Bonchev–Trinajstić information content (AvgIpc) is 3.66. The van der Waals surface area contributed by atoms with Crippen molar-refractivity contribution in [3.05, 3.63) is 70.8 Å². The molecule has 0 aromatic heterocycles. The summed E-state index contributed by atoms with van der Waals surface area (Å²) < 4.78 is 12.1. The van der Waals surface area contributed by atoms with Crippen molar-refractivity contribution >= 4 is 52.9 Å². The van der Waals surface area contributed by atoms with Crippen LogP contribution in [0.2, 0.25) is 0 Å². The fraction of sp³-hybridized carbons (Fsp3) is 0.429. The van der Waals surface area contributed by atoms with Crippen LogP contribution < -0.4 is 0 Å². The molecule has 6 rings (SSSR count). The van der Waals surface area contributed by atoms with Crippen molar-refractivity contribution in [2.45, 2.75) is 25.0 Å². The van der Waals surface area contributed by atoms with Crippen molar-refractivity contribution in [3.8, 4) is 0 Å². The van der Waals surface area contributed by atoms with Gasteiger partial charge in [-0.3, -0.25) is 9.59 Å². The summed E-state index contributed by atoms with van der Waals surface area (Å²) in [7, 11) is 0. The van der Waals surface area contributed by atoms with Gasteiger partial charge in [0, 0.05) is 50.1 Å². The molecule has 4 heterocycles. The van der Waals surface area contributed by atoms with E-state index in [1.54, 1.807) is 0 Å². The molecule has 212 valence electrons. The summed E-state index contributed by atoms with van der Waals surface area (Å²) in [6.45, 7) is 5.10. The van der Waals surface area contributed by atoms with Gasteiger partial charge in [-0.15, -0.1) is 0 Å². The van der Waals surface area contributed by atoms with Crippen molar-refractivity contribution in [2.24, 2.45) is 10.3 Å². The zero-order chi connectivity index (χ0) is 27.9. The quantitative estimate of drug-likeness (QED) is 0.467. The summed E-state index contributed by atoms with van der Waals surface area (Å²) in [5, 5.41) is 7.74. The molecule has 0 radical (unpaired) electrons. The SMILES string of the molecule is O=C(c1ccc([C@@H]2CC(Br)=NO2)cc1)N1CCOCC1.O=C(c1ccc([C@H]2CC(Br)=NO2)cc1)N1CCOCC1. The number of morpholine rings is 2. The van der Waals surface area contributed by atoms with Crippen LogP contribution in [-0.4, -0.2) is 83.5 Å². The van der Waals surface area contributed by atoms with E-state index in [1.165, 1.54) is 0 Å². The van der Waals surface area contributed by atoms with Gasteiger partial charge in [-0.2, -0.15) is 0 Å². The molecule has 2 atom stereocenters. The molecule has 0 unspecified atom stereocenters. The van der Waals surface area contributed by atoms with Crippen LogP contribution in [-0.2, 0) is 19.1 Å². The van der Waals surface area contributed by atoms with Crippen LogP contribution in [0.15, 0.2) is 58.8 Å². The molecule has 40 heavy (non-hydrogen) atoms. The maximum absolute atomic E-state index is 12.3. The Morgan fingerprint density at radius 3 is 1.27 bits per heavy atom. The predicted octanol–water partition coefficient (Wildman–Crippen LogP) is 4.66. The van der Waals surface area contributed by atoms with E-state index in [1.807, 2.05) is 58.3 Å². The summed E-state index contributed by atoms with van der Waals surface area (Å²) in [4.78, 5) is 38.8. The third-order valence-corrected chi connectivity index (χ3v) is 7.86. The smallest absolute Gasteiger partial charge is 0.254 e. The summed E-state index contributed by atoms with van der Waals surface area (Å²) in [5.41, 5.74) is 3.46. The van der Waals surface area contributed by atoms with Gasteiger partial charge in [0.25, 0.3) is 11.8 Å². The van der Waals surface area contributed by atoms with Crippen LogP contribution in [0.3, 0.4) is 0 Å². The van der Waals surface area contributed by atoms with E-state index in [4.69, 9.17) is 19.1 Å². The molecule has 0 saturated carbocycles. The van der Waals surface area contributed by atoms with E-state index in [-0.39, 0.29) is 24.0 Å². The molecule has 2 amide bonds. The van der Waals surface area contributed by atoms with E-state index in [9.17, 15) is 9.59 Å². The lowest BCUT2D eigenvalue weighted by Gasteiger charge is -2.26. The fourth-order valence-electron chi connectivity index (χ4n) is 4.63. The van der Waals surface area contributed by atoms with Gasteiger partial charge in [-0.1, -0.05) is 34.6 Å². The highest BCUT2D eigenvalue weighted by Crippen LogP contribution is 2.30. The molecule has 0 spiro atoms. The maximum Gasteiger partial charge on any atom is 0.254 e. The van der Waals surface area contributed by atoms with Crippen LogP contribution in [0.1, 0.15) is 56.9 Å². The Morgan fingerprint density at radius 2 is 0.975 bits per heavy atom. The van der Waals surface area contributed by atoms with Crippen LogP contribution in [0.4, 0.5) is 0 Å². The first kappa shape index (κ1) is 28.7. The highest BCUT2D eigenvalue weighted by molar-refractivity contribution is 9.18. The zero-order valence-corrected chi connectivity index (χ0v) is 25.0. The van der Waals surface area contributed by atoms with E-state index >= 15 is 0 Å². The molecule has 0 bridgehead atoms. The number of hydrogen-bond acceptors (Lipinski definition) is 8. The first-order valence-corrected chi connectivity index (χ1v) is 14.8. The van der Waals surface area contributed by atoms with E-state index in [0.717, 1.165) is 33.2 Å². The molecular weight excluding hydrogens is 648 g/mol. The molecule has 2 aromatic carbocycles. The second-order valence-electron chi connectivity index (χ2n) is 9.58. The minimum Gasteiger partial charge on any atom is -0.386 e. The van der Waals surface area contributed by atoms with Crippen molar-refractivity contribution in [2.75, 3.05) is 52.6 Å². The molecule has 0 N–H and O–H groups in total. The van der Waals surface area contributed by atoms with Crippen LogP contribution in [0.25, 0.3) is 0 Å². The Bertz CT molecular complexity index is 1140. The third kappa shape index (κ3) is 7.28. The molecule has 2 fully saturated rings. The topological polar surface area (TPSA) is 102 Å². The predicted molar refractivity (Wildman–Crippen MR) is 156 cm³/mol. The first-order chi connectivity index (χ1) is 19.5. The summed E-state index contributed by atoms with van der Waals surface area (Å²) in [6, 6.07) is 15.1. The number of nitrogens with zero attached hydrogens (tertiary/aromatic N) is 4. The number of amides is 2. The number of hydrogen-bond donors (Lipinski definition) is 0. The van der Waals surface area contributed by atoms with Crippen molar-refractivity contribution < 1.29 is 28.7 Å². The fourth-order valence-corrected chi connectivity index (χ4v) is 5.39. The second kappa shape index (κ2) is 13.7. The van der Waals surface area contributed by atoms with Crippen LogP contribution in [0.5, 0.6) is 0 Å². The standard InChI is InChI=1S/2C14H15BrN2O3/c2*15-13-9-12(20-16-13)10-1-3-11(4-2-10)14(18)17-5-7-19-8-6-17/h2*1-4,12H,5-9H2/t2*12-/m10/s1. The summed E-state index contributed by atoms with van der Waals surface area (Å²) in [5.74, 6) is 0.120. The van der Waals surface area contributed by atoms with Crippen LogP contribution in [0, 0.1) is 0 Å². The Balaban J connectivity index is 0.000000161. The third-order valence-electron chi connectivity index (χ3n) is 6.92. The van der Waals surface area contributed by atoms with Gasteiger partial charge in [-0.05, 0) is 67.3 Å². The molecule has 2 aromatic rings. The maximum atomic E-state index is 12.3. The van der Waals surface area contributed by atoms with Gasteiger partial charge in [-0.25, -0.2) is 0 Å². The molecule has 4 aliphatic rings. The largest absolute Gasteiger partial charge is 0.386 e. The first-order valence-electron chi connectivity index (χ1n) is 13.2. The molecule has 4 aliphatic heterocycles. The lowest BCUT2D eigenvalue weighted by Crippen LogP contribution is -2.40. The van der Waals surface area contributed by atoms with Gasteiger partial charge in [0.1, 0.15) is 9.24 Å². The zero-order valence-electron chi connectivity index (χ0n) is 21.8. The molecule has 12 heteroatoms. The van der Waals surface area contributed by atoms with Crippen molar-refractivity contribution in [3.63, 3.8) is 0 Å². The molecule has 2 saturated heterocycles. The highest BCUT2D eigenvalue weighted by Gasteiger charge is 2.24. The lowest BCUT2D eigenvalue weighted by atomic mass is 10.0. The number of halogens is 2. The summed E-state index contributed by atoms with van der Waals surface area (Å²) in [6.07, 6.45) is 1.35. The number of rotatable bonds is 4. The molecule has 10 nitrogen and oxygen atoms in total. The van der Waals surface area contributed by atoms with Crippen molar-refractivity contribution in [1.29, 1.82) is 0 Å². The van der Waals surface area contributed by atoms with Gasteiger partial charge in [0.15, 0.2) is 12.2 Å². The average molecular weight is 678 g/mol. The van der Waals surface area contributed by atoms with E-state index in [2.05, 4.69) is 42.2 Å². The lowest BCUT2D eigenvalue weighted by molar-refractivity contribution is 0.0301. The number of carbonyl (C=O) groups excluding carboxylic acids is 2. The number of carbonyl (C=O) groups is 2. The second-order valence-corrected chi connectivity index (χ2v) is 11.4. The number of oxime groups is 2. The van der Waals surface area contributed by atoms with Crippen LogP contribution >= 0.6 is 31.9 Å². The summed E-state index contributed by atoms with van der Waals surface area (Å²) >= 11 is 6.64. The monoisotopic (exact) mass is 676 g/mol. The Morgan fingerprint density at radius 1 is 0.625 bits per heavy atom. The van der Waals surface area contributed by atoms with E-state index < -0.39 is 0 Å². The van der Waals surface area contributed by atoms with Gasteiger partial charge < -0.3 is 28.9 Å². The minimum absolute atomic E-state index is 0.0584. The number of ether oxygens (including phenoxy) is 2. The van der Waals surface area contributed by atoms with Crippen molar-refractivity contribution in [1.82, 2.24) is 9.80 Å². The molecular formula is C28H30Br2N4O6. The number of benzene rings is 2. The molecule has 0 aliphatic carbocycles. The Labute approximate surface area is 249 Å². The van der Waals surface area contributed by atoms with Gasteiger partial charge in [0.2, 0.25) is 0 Å². The van der Waals surface area contributed by atoms with Gasteiger partial charge >= 0.3 is 0 Å².